The van der Waals surface area contributed by atoms with Gasteiger partial charge in [-0.25, -0.2) is 4.98 Å². The number of hydrogen-bond acceptors (Lipinski definition) is 3. The van der Waals surface area contributed by atoms with E-state index in [4.69, 9.17) is 11.6 Å². The average molecular weight is 269 g/mol. The van der Waals surface area contributed by atoms with E-state index in [0.29, 0.717) is 11.8 Å². The van der Waals surface area contributed by atoms with Crippen molar-refractivity contribution in [2.75, 3.05) is 11.9 Å². The van der Waals surface area contributed by atoms with E-state index in [-0.39, 0.29) is 0 Å². The first-order valence-electron chi connectivity index (χ1n) is 5.86. The highest BCUT2D eigenvalue weighted by Crippen LogP contribution is 2.28. The Balaban J connectivity index is 2.09. The van der Waals surface area contributed by atoms with Gasteiger partial charge in [0.2, 0.25) is 0 Å². The maximum absolute atomic E-state index is 5.96. The number of aromatic nitrogens is 1. The molecule has 1 heterocycles. The Bertz CT molecular complexity index is 507. The number of rotatable bonds is 4. The topological polar surface area (TPSA) is 24.9 Å². The van der Waals surface area contributed by atoms with Gasteiger partial charge in [-0.3, -0.25) is 0 Å². The number of nitrogens with one attached hydrogen (secondary N) is 1. The minimum atomic E-state index is 0.644. The van der Waals surface area contributed by atoms with Crippen molar-refractivity contribution < 1.29 is 0 Å². The first kappa shape index (κ1) is 12.7. The molecule has 1 atom stereocenters. The molecule has 0 saturated carbocycles. The molecule has 1 aromatic carbocycles. The monoisotopic (exact) mass is 268 g/mol. The van der Waals surface area contributed by atoms with E-state index in [1.54, 1.807) is 11.3 Å². The second-order valence-corrected chi connectivity index (χ2v) is 6.20. The van der Waals surface area contributed by atoms with Crippen LogP contribution in [0.5, 0.6) is 0 Å². The molecule has 1 aromatic heterocycles. The molecule has 0 radical (unpaired) electrons. The second kappa shape index (κ2) is 5.23. The van der Waals surface area contributed by atoms with Gasteiger partial charge < -0.3 is 5.32 Å². The Labute approximate surface area is 111 Å². The fourth-order valence-corrected chi connectivity index (χ4v) is 2.61. The highest BCUT2D eigenvalue weighted by molar-refractivity contribution is 7.22. The first-order chi connectivity index (χ1) is 8.06. The van der Waals surface area contributed by atoms with Gasteiger partial charge >= 0.3 is 0 Å². The third kappa shape index (κ3) is 3.11. The fourth-order valence-electron chi connectivity index (χ4n) is 1.46. The lowest BCUT2D eigenvalue weighted by Crippen LogP contribution is -2.15. The van der Waals surface area contributed by atoms with Crippen LogP contribution in [-0.4, -0.2) is 11.5 Å². The predicted molar refractivity (Wildman–Crippen MR) is 77.1 cm³/mol. The van der Waals surface area contributed by atoms with Gasteiger partial charge in [0.05, 0.1) is 10.2 Å². The van der Waals surface area contributed by atoms with Crippen molar-refractivity contribution in [2.45, 2.75) is 20.8 Å². The number of fused-ring (bicyclic) bond motifs is 1. The van der Waals surface area contributed by atoms with E-state index in [9.17, 15) is 0 Å². The highest BCUT2D eigenvalue weighted by atomic mass is 35.5. The van der Waals surface area contributed by atoms with E-state index in [2.05, 4.69) is 31.1 Å². The minimum absolute atomic E-state index is 0.644. The van der Waals surface area contributed by atoms with Crippen molar-refractivity contribution in [3.05, 3.63) is 23.2 Å². The molecule has 0 saturated heterocycles. The van der Waals surface area contributed by atoms with E-state index in [1.807, 2.05) is 18.2 Å². The van der Waals surface area contributed by atoms with Crippen LogP contribution in [0.4, 0.5) is 5.13 Å². The molecule has 0 aliphatic rings. The summed E-state index contributed by atoms with van der Waals surface area (Å²) in [5.74, 6) is 1.33. The Hall–Kier alpha value is -0.800. The van der Waals surface area contributed by atoms with Crippen molar-refractivity contribution in [3.63, 3.8) is 0 Å². The highest BCUT2D eigenvalue weighted by Gasteiger charge is 2.08. The molecule has 0 aliphatic carbocycles. The summed E-state index contributed by atoms with van der Waals surface area (Å²) in [5.41, 5.74) is 1.01. The predicted octanol–water partition coefficient (Wildman–Crippen LogP) is 4.65. The van der Waals surface area contributed by atoms with Crippen LogP contribution in [0.3, 0.4) is 0 Å². The van der Waals surface area contributed by atoms with Gasteiger partial charge in [0.25, 0.3) is 0 Å². The molecule has 92 valence electrons. The largest absolute Gasteiger partial charge is 0.361 e. The van der Waals surface area contributed by atoms with Crippen LogP contribution in [0.25, 0.3) is 10.2 Å². The average Bonchev–Trinajstić information content (AvgIpc) is 2.67. The zero-order valence-corrected chi connectivity index (χ0v) is 11.9. The molecule has 2 rings (SSSR count). The molecule has 2 aromatic rings. The summed E-state index contributed by atoms with van der Waals surface area (Å²) >= 11 is 7.61. The summed E-state index contributed by atoms with van der Waals surface area (Å²) in [7, 11) is 0. The molecular formula is C13H17ClN2S. The summed E-state index contributed by atoms with van der Waals surface area (Å²) in [6, 6.07) is 5.81. The summed E-state index contributed by atoms with van der Waals surface area (Å²) < 4.78 is 1.14. The van der Waals surface area contributed by atoms with Crippen molar-refractivity contribution in [3.8, 4) is 0 Å². The SMILES string of the molecule is CC(C)C(C)CNc1nc2ccc(Cl)cc2s1. The molecule has 1 N–H and O–H groups in total. The normalized spacial score (nSPS) is 13.2. The van der Waals surface area contributed by atoms with Crippen LogP contribution in [0, 0.1) is 11.8 Å². The molecule has 0 amide bonds. The van der Waals surface area contributed by atoms with Crippen molar-refractivity contribution in [1.29, 1.82) is 0 Å². The summed E-state index contributed by atoms with van der Waals surface area (Å²) in [4.78, 5) is 4.53. The summed E-state index contributed by atoms with van der Waals surface area (Å²) in [6.07, 6.45) is 0. The van der Waals surface area contributed by atoms with Crippen molar-refractivity contribution >= 4 is 38.3 Å². The molecule has 2 nitrogen and oxygen atoms in total. The van der Waals surface area contributed by atoms with Gasteiger partial charge in [0.15, 0.2) is 5.13 Å². The number of anilines is 1. The molecule has 17 heavy (non-hydrogen) atoms. The van der Waals surface area contributed by atoms with Crippen LogP contribution in [0.15, 0.2) is 18.2 Å². The van der Waals surface area contributed by atoms with Gasteiger partial charge in [0, 0.05) is 11.6 Å². The maximum Gasteiger partial charge on any atom is 0.183 e. The number of hydrogen-bond donors (Lipinski definition) is 1. The van der Waals surface area contributed by atoms with Crippen LogP contribution >= 0.6 is 22.9 Å². The standard InChI is InChI=1S/C13H17ClN2S/c1-8(2)9(3)7-15-13-16-11-5-4-10(14)6-12(11)17-13/h4-6,8-9H,7H2,1-3H3,(H,15,16). The number of thiazole rings is 1. The van der Waals surface area contributed by atoms with Gasteiger partial charge in [-0.15, -0.1) is 0 Å². The van der Waals surface area contributed by atoms with Crippen LogP contribution in [0.1, 0.15) is 20.8 Å². The van der Waals surface area contributed by atoms with Crippen LogP contribution in [-0.2, 0) is 0 Å². The molecule has 0 aliphatic heterocycles. The lowest BCUT2D eigenvalue weighted by Gasteiger charge is -2.15. The summed E-state index contributed by atoms with van der Waals surface area (Å²) in [5, 5.41) is 5.15. The molecule has 0 spiro atoms. The smallest absolute Gasteiger partial charge is 0.183 e. The third-order valence-electron chi connectivity index (χ3n) is 3.06. The Morgan fingerprint density at radius 3 is 2.82 bits per heavy atom. The van der Waals surface area contributed by atoms with E-state index in [0.717, 1.165) is 26.9 Å². The minimum Gasteiger partial charge on any atom is -0.361 e. The van der Waals surface area contributed by atoms with E-state index in [1.165, 1.54) is 0 Å². The molecule has 0 bridgehead atoms. The Morgan fingerprint density at radius 2 is 2.12 bits per heavy atom. The molecule has 1 unspecified atom stereocenters. The van der Waals surface area contributed by atoms with E-state index < -0.39 is 0 Å². The molecule has 4 heteroatoms. The molecular weight excluding hydrogens is 252 g/mol. The lowest BCUT2D eigenvalue weighted by molar-refractivity contribution is 0.440. The maximum atomic E-state index is 5.96. The lowest BCUT2D eigenvalue weighted by atomic mass is 9.98. The van der Waals surface area contributed by atoms with Gasteiger partial charge in [0.1, 0.15) is 0 Å². The van der Waals surface area contributed by atoms with Gasteiger partial charge in [-0.2, -0.15) is 0 Å². The van der Waals surface area contributed by atoms with Crippen LogP contribution < -0.4 is 5.32 Å². The Kier molecular flexibility index (Phi) is 3.89. The number of nitrogens with zero attached hydrogens (tertiary/aromatic N) is 1. The fraction of sp³-hybridized carbons (Fsp3) is 0.462. The number of halogens is 1. The van der Waals surface area contributed by atoms with Gasteiger partial charge in [-0.1, -0.05) is 43.7 Å². The van der Waals surface area contributed by atoms with Crippen molar-refractivity contribution in [2.24, 2.45) is 11.8 Å². The second-order valence-electron chi connectivity index (χ2n) is 4.73. The van der Waals surface area contributed by atoms with Crippen molar-refractivity contribution in [1.82, 2.24) is 4.98 Å². The summed E-state index contributed by atoms with van der Waals surface area (Å²) in [6.45, 7) is 7.70. The zero-order chi connectivity index (χ0) is 12.4. The quantitative estimate of drug-likeness (QED) is 0.873. The number of benzene rings is 1. The molecule has 0 fully saturated rings. The first-order valence-corrected chi connectivity index (χ1v) is 7.05. The third-order valence-corrected chi connectivity index (χ3v) is 4.27. The van der Waals surface area contributed by atoms with E-state index >= 15 is 0 Å². The van der Waals surface area contributed by atoms with Gasteiger partial charge in [-0.05, 0) is 30.0 Å². The van der Waals surface area contributed by atoms with Crippen LogP contribution in [0.2, 0.25) is 5.02 Å². The Morgan fingerprint density at radius 1 is 1.35 bits per heavy atom. The zero-order valence-electron chi connectivity index (χ0n) is 10.3.